The molecule has 2 rings (SSSR count). The van der Waals surface area contributed by atoms with Crippen molar-refractivity contribution in [3.63, 3.8) is 0 Å². The standard InChI is InChI=1S/C14H13ClN2O3/c1-19-13-9(3-2-6-17-13)8-20-14(18)11-7-10(15)4-5-12(11)16/h2-7H,8,16H2,1H3. The van der Waals surface area contributed by atoms with Crippen molar-refractivity contribution in [2.75, 3.05) is 12.8 Å². The molecule has 0 fully saturated rings. The van der Waals surface area contributed by atoms with E-state index in [1.165, 1.54) is 13.2 Å². The molecule has 1 aromatic heterocycles. The smallest absolute Gasteiger partial charge is 0.340 e. The van der Waals surface area contributed by atoms with Crippen molar-refractivity contribution in [2.45, 2.75) is 6.61 Å². The summed E-state index contributed by atoms with van der Waals surface area (Å²) in [5, 5.41) is 0.421. The van der Waals surface area contributed by atoms with Gasteiger partial charge in [-0.1, -0.05) is 11.6 Å². The van der Waals surface area contributed by atoms with Gasteiger partial charge in [-0.05, 0) is 30.3 Å². The highest BCUT2D eigenvalue weighted by molar-refractivity contribution is 6.31. The molecule has 0 radical (unpaired) electrons. The van der Waals surface area contributed by atoms with Gasteiger partial charge in [0.15, 0.2) is 0 Å². The largest absolute Gasteiger partial charge is 0.481 e. The number of nitrogens with zero attached hydrogens (tertiary/aromatic N) is 1. The summed E-state index contributed by atoms with van der Waals surface area (Å²) in [6, 6.07) is 8.14. The van der Waals surface area contributed by atoms with Crippen molar-refractivity contribution >= 4 is 23.3 Å². The van der Waals surface area contributed by atoms with Gasteiger partial charge in [-0.15, -0.1) is 0 Å². The Bertz CT molecular complexity index is 632. The number of rotatable bonds is 4. The van der Waals surface area contributed by atoms with Crippen molar-refractivity contribution < 1.29 is 14.3 Å². The van der Waals surface area contributed by atoms with E-state index in [1.807, 2.05) is 0 Å². The molecule has 0 aliphatic rings. The van der Waals surface area contributed by atoms with Gasteiger partial charge >= 0.3 is 5.97 Å². The normalized spacial score (nSPS) is 10.1. The zero-order valence-corrected chi connectivity index (χ0v) is 11.6. The molecule has 6 heteroatoms. The maximum atomic E-state index is 12.0. The molecule has 0 bridgehead atoms. The lowest BCUT2D eigenvalue weighted by atomic mass is 10.2. The van der Waals surface area contributed by atoms with Crippen molar-refractivity contribution in [1.29, 1.82) is 0 Å². The molecule has 5 nitrogen and oxygen atoms in total. The fourth-order valence-corrected chi connectivity index (χ4v) is 1.82. The predicted molar refractivity (Wildman–Crippen MR) is 75.8 cm³/mol. The molecule has 0 amide bonds. The summed E-state index contributed by atoms with van der Waals surface area (Å²) in [6.07, 6.45) is 1.60. The SMILES string of the molecule is COc1ncccc1COC(=O)c1cc(Cl)ccc1N. The number of methoxy groups -OCH3 is 1. The van der Waals surface area contributed by atoms with Crippen molar-refractivity contribution in [3.8, 4) is 5.88 Å². The highest BCUT2D eigenvalue weighted by Gasteiger charge is 2.13. The third kappa shape index (κ3) is 3.19. The summed E-state index contributed by atoms with van der Waals surface area (Å²) in [6.45, 7) is 0.0435. The highest BCUT2D eigenvalue weighted by Crippen LogP contribution is 2.20. The van der Waals surface area contributed by atoms with Gasteiger partial charge in [-0.3, -0.25) is 0 Å². The van der Waals surface area contributed by atoms with Crippen LogP contribution in [0.2, 0.25) is 5.02 Å². The molecule has 1 aromatic carbocycles. The number of esters is 1. The van der Waals surface area contributed by atoms with E-state index in [1.54, 1.807) is 30.5 Å². The van der Waals surface area contributed by atoms with Gasteiger partial charge in [0.2, 0.25) is 5.88 Å². The van der Waals surface area contributed by atoms with Crippen LogP contribution in [0, 0.1) is 0 Å². The maximum Gasteiger partial charge on any atom is 0.340 e. The molecule has 20 heavy (non-hydrogen) atoms. The van der Waals surface area contributed by atoms with Crippen LogP contribution in [-0.4, -0.2) is 18.1 Å². The summed E-state index contributed by atoms with van der Waals surface area (Å²) >= 11 is 5.83. The van der Waals surface area contributed by atoms with Crippen molar-refractivity contribution in [3.05, 3.63) is 52.7 Å². The molecule has 104 valence electrons. The topological polar surface area (TPSA) is 74.4 Å². The van der Waals surface area contributed by atoms with E-state index in [0.717, 1.165) is 0 Å². The van der Waals surface area contributed by atoms with Crippen LogP contribution >= 0.6 is 11.6 Å². The van der Waals surface area contributed by atoms with Crippen LogP contribution in [0.5, 0.6) is 5.88 Å². The van der Waals surface area contributed by atoms with Gasteiger partial charge in [0.25, 0.3) is 0 Å². The van der Waals surface area contributed by atoms with Crippen LogP contribution in [0.25, 0.3) is 0 Å². The molecular formula is C14H13ClN2O3. The van der Waals surface area contributed by atoms with Gasteiger partial charge in [-0.2, -0.15) is 0 Å². The minimum atomic E-state index is -0.545. The quantitative estimate of drug-likeness (QED) is 0.693. The fourth-order valence-electron chi connectivity index (χ4n) is 1.64. The third-order valence-corrected chi connectivity index (χ3v) is 2.87. The van der Waals surface area contributed by atoms with Gasteiger partial charge < -0.3 is 15.2 Å². The molecule has 0 unspecified atom stereocenters. The number of aromatic nitrogens is 1. The Kier molecular flexibility index (Phi) is 4.42. The molecule has 0 spiro atoms. The summed E-state index contributed by atoms with van der Waals surface area (Å²) in [5.41, 5.74) is 6.94. The predicted octanol–water partition coefficient (Wildman–Crippen LogP) is 2.68. The highest BCUT2D eigenvalue weighted by atomic mass is 35.5. The summed E-state index contributed by atoms with van der Waals surface area (Å²) in [5.74, 6) is -0.129. The van der Waals surface area contributed by atoms with Gasteiger partial charge in [0.05, 0.1) is 18.2 Å². The maximum absolute atomic E-state index is 12.0. The van der Waals surface area contributed by atoms with E-state index in [-0.39, 0.29) is 12.2 Å². The third-order valence-electron chi connectivity index (χ3n) is 2.64. The first-order chi connectivity index (χ1) is 9.61. The van der Waals surface area contributed by atoms with Gasteiger partial charge in [-0.25, -0.2) is 9.78 Å². The second kappa shape index (κ2) is 6.25. The Labute approximate surface area is 121 Å². The second-order valence-electron chi connectivity index (χ2n) is 3.98. The number of hydrogen-bond donors (Lipinski definition) is 1. The number of halogens is 1. The van der Waals surface area contributed by atoms with Gasteiger partial charge in [0, 0.05) is 16.9 Å². The Morgan fingerprint density at radius 1 is 1.40 bits per heavy atom. The number of benzene rings is 1. The van der Waals surface area contributed by atoms with E-state index in [4.69, 9.17) is 26.8 Å². The number of anilines is 1. The average Bonchev–Trinajstić information content (AvgIpc) is 2.47. The first-order valence-corrected chi connectivity index (χ1v) is 6.19. The first kappa shape index (κ1) is 14.1. The molecule has 0 aliphatic heterocycles. The van der Waals surface area contributed by atoms with Crippen molar-refractivity contribution in [2.24, 2.45) is 0 Å². The molecular weight excluding hydrogens is 280 g/mol. The number of carbonyl (C=O) groups excluding carboxylic acids is 1. The lowest BCUT2D eigenvalue weighted by molar-refractivity contribution is 0.0471. The molecule has 1 heterocycles. The second-order valence-corrected chi connectivity index (χ2v) is 4.42. The molecule has 0 saturated heterocycles. The zero-order chi connectivity index (χ0) is 14.5. The Morgan fingerprint density at radius 2 is 2.20 bits per heavy atom. The number of nitrogens with two attached hydrogens (primary N) is 1. The van der Waals surface area contributed by atoms with E-state index < -0.39 is 5.97 Å². The summed E-state index contributed by atoms with van der Waals surface area (Å²) in [7, 11) is 1.50. The molecule has 2 N–H and O–H groups in total. The number of ether oxygens (including phenoxy) is 2. The van der Waals surface area contributed by atoms with Crippen LogP contribution in [0.15, 0.2) is 36.5 Å². The van der Waals surface area contributed by atoms with Crippen molar-refractivity contribution in [1.82, 2.24) is 4.98 Å². The van der Waals surface area contributed by atoms with Gasteiger partial charge in [0.1, 0.15) is 6.61 Å². The lowest BCUT2D eigenvalue weighted by Crippen LogP contribution is -2.09. The van der Waals surface area contributed by atoms with E-state index >= 15 is 0 Å². The number of carbonyl (C=O) groups is 1. The summed E-state index contributed by atoms with van der Waals surface area (Å²) < 4.78 is 10.3. The molecule has 0 saturated carbocycles. The number of hydrogen-bond acceptors (Lipinski definition) is 5. The van der Waals surface area contributed by atoms with Crippen LogP contribution in [-0.2, 0) is 11.3 Å². The number of pyridine rings is 1. The lowest BCUT2D eigenvalue weighted by Gasteiger charge is -2.09. The molecule has 0 aliphatic carbocycles. The number of nitrogen functional groups attached to an aromatic ring is 1. The Morgan fingerprint density at radius 3 is 2.95 bits per heavy atom. The van der Waals surface area contributed by atoms with Crippen LogP contribution in [0.3, 0.4) is 0 Å². The first-order valence-electron chi connectivity index (χ1n) is 5.82. The Balaban J connectivity index is 2.11. The zero-order valence-electron chi connectivity index (χ0n) is 10.8. The molecule has 0 atom stereocenters. The minimum Gasteiger partial charge on any atom is -0.481 e. The monoisotopic (exact) mass is 292 g/mol. The van der Waals surface area contributed by atoms with Crippen LogP contribution < -0.4 is 10.5 Å². The minimum absolute atomic E-state index is 0.0435. The average molecular weight is 293 g/mol. The van der Waals surface area contributed by atoms with E-state index in [2.05, 4.69) is 4.98 Å². The fraction of sp³-hybridized carbons (Fsp3) is 0.143. The Hall–Kier alpha value is -2.27. The molecule has 2 aromatic rings. The van der Waals surface area contributed by atoms with E-state index in [9.17, 15) is 4.79 Å². The summed E-state index contributed by atoms with van der Waals surface area (Å²) in [4.78, 5) is 16.0. The van der Waals surface area contributed by atoms with Crippen LogP contribution in [0.4, 0.5) is 5.69 Å². The van der Waals surface area contributed by atoms with E-state index in [0.29, 0.717) is 22.2 Å². The van der Waals surface area contributed by atoms with Crippen LogP contribution in [0.1, 0.15) is 15.9 Å².